The van der Waals surface area contributed by atoms with Gasteiger partial charge in [0.25, 0.3) is 0 Å². The van der Waals surface area contributed by atoms with Gasteiger partial charge in [0.05, 0.1) is 11.8 Å². The van der Waals surface area contributed by atoms with Crippen molar-refractivity contribution < 1.29 is 13.5 Å². The van der Waals surface area contributed by atoms with Gasteiger partial charge in [0, 0.05) is 12.3 Å². The number of hydrogen-bond donors (Lipinski definition) is 1. The van der Waals surface area contributed by atoms with E-state index < -0.39 is 0 Å². The van der Waals surface area contributed by atoms with Crippen LogP contribution in [-0.2, 0) is 0 Å². The SMILES string of the molecule is Cc1occc1-c1nnc(Sc2nccc(Oc3ccc(F)cc3)n2)n1N. The fourth-order valence-electron chi connectivity index (χ4n) is 2.28. The lowest BCUT2D eigenvalue weighted by atomic mass is 10.2. The van der Waals surface area contributed by atoms with Crippen LogP contribution in [0.4, 0.5) is 4.39 Å². The molecule has 0 saturated heterocycles. The number of rotatable bonds is 5. The van der Waals surface area contributed by atoms with Crippen LogP contribution in [0.3, 0.4) is 0 Å². The molecule has 0 unspecified atom stereocenters. The third-order valence-corrected chi connectivity index (χ3v) is 4.43. The predicted octanol–water partition coefficient (Wildman–Crippen LogP) is 3.43. The minimum Gasteiger partial charge on any atom is -0.469 e. The summed E-state index contributed by atoms with van der Waals surface area (Å²) in [4.78, 5) is 8.47. The first-order valence-electron chi connectivity index (χ1n) is 7.79. The number of aryl methyl sites for hydroxylation is 1. The molecule has 0 aliphatic heterocycles. The van der Waals surface area contributed by atoms with E-state index in [1.165, 1.54) is 28.9 Å². The summed E-state index contributed by atoms with van der Waals surface area (Å²) in [5, 5.41) is 8.96. The Morgan fingerprint density at radius 1 is 1.15 bits per heavy atom. The molecule has 0 bridgehead atoms. The van der Waals surface area contributed by atoms with E-state index in [4.69, 9.17) is 15.0 Å². The molecule has 136 valence electrons. The lowest BCUT2D eigenvalue weighted by Crippen LogP contribution is -2.11. The van der Waals surface area contributed by atoms with Crippen molar-refractivity contribution in [3.8, 4) is 23.0 Å². The third-order valence-electron chi connectivity index (χ3n) is 3.59. The molecule has 4 rings (SSSR count). The summed E-state index contributed by atoms with van der Waals surface area (Å²) < 4.78 is 25.2. The first-order valence-corrected chi connectivity index (χ1v) is 8.61. The van der Waals surface area contributed by atoms with E-state index >= 15 is 0 Å². The van der Waals surface area contributed by atoms with Gasteiger partial charge in [0.2, 0.25) is 11.0 Å². The molecule has 2 N–H and O–H groups in total. The van der Waals surface area contributed by atoms with Gasteiger partial charge in [0.15, 0.2) is 11.0 Å². The van der Waals surface area contributed by atoms with Crippen molar-refractivity contribution in [2.24, 2.45) is 0 Å². The van der Waals surface area contributed by atoms with Crippen molar-refractivity contribution in [1.29, 1.82) is 0 Å². The van der Waals surface area contributed by atoms with Gasteiger partial charge in [-0.25, -0.2) is 14.1 Å². The Kier molecular flexibility index (Phi) is 4.47. The Hall–Kier alpha value is -3.40. The van der Waals surface area contributed by atoms with Crippen molar-refractivity contribution in [2.45, 2.75) is 17.2 Å². The van der Waals surface area contributed by atoms with Crippen LogP contribution in [-0.4, -0.2) is 24.8 Å². The molecule has 0 radical (unpaired) electrons. The molecule has 27 heavy (non-hydrogen) atoms. The molecule has 10 heteroatoms. The molecule has 0 saturated carbocycles. The third kappa shape index (κ3) is 3.60. The van der Waals surface area contributed by atoms with E-state index in [1.54, 1.807) is 24.6 Å². The lowest BCUT2D eigenvalue weighted by molar-refractivity contribution is 0.454. The number of nitrogens with zero attached hydrogens (tertiary/aromatic N) is 5. The molecule has 1 aromatic carbocycles. The van der Waals surface area contributed by atoms with Crippen molar-refractivity contribution in [3.63, 3.8) is 0 Å². The maximum atomic E-state index is 13.0. The quantitative estimate of drug-likeness (QED) is 0.412. The summed E-state index contributed by atoms with van der Waals surface area (Å²) >= 11 is 1.14. The van der Waals surface area contributed by atoms with Gasteiger partial charge in [-0.2, -0.15) is 4.98 Å². The molecule has 3 heterocycles. The molecular weight excluding hydrogens is 371 g/mol. The van der Waals surface area contributed by atoms with E-state index in [-0.39, 0.29) is 5.82 Å². The summed E-state index contributed by atoms with van der Waals surface area (Å²) in [7, 11) is 0. The Bertz CT molecular complexity index is 1080. The molecule has 0 aliphatic carbocycles. The van der Waals surface area contributed by atoms with Crippen LogP contribution in [0.15, 0.2) is 63.6 Å². The average molecular weight is 384 g/mol. The van der Waals surface area contributed by atoms with Crippen LogP contribution in [0.1, 0.15) is 5.76 Å². The summed E-state index contributed by atoms with van der Waals surface area (Å²) in [6.07, 6.45) is 3.11. The van der Waals surface area contributed by atoms with E-state index in [9.17, 15) is 4.39 Å². The predicted molar refractivity (Wildman–Crippen MR) is 95.2 cm³/mol. The van der Waals surface area contributed by atoms with Crippen LogP contribution < -0.4 is 10.6 Å². The molecule has 8 nitrogen and oxygen atoms in total. The fourth-order valence-corrected chi connectivity index (χ4v) is 2.96. The molecule has 3 aromatic heterocycles. The first-order chi connectivity index (χ1) is 13.1. The first kappa shape index (κ1) is 17.0. The zero-order valence-electron chi connectivity index (χ0n) is 14.0. The number of furan rings is 1. The van der Waals surface area contributed by atoms with Crippen LogP contribution in [0.2, 0.25) is 0 Å². The molecule has 0 aliphatic rings. The number of benzene rings is 1. The van der Waals surface area contributed by atoms with Gasteiger partial charge in [-0.1, -0.05) is 0 Å². The fraction of sp³-hybridized carbons (Fsp3) is 0.0588. The lowest BCUT2D eigenvalue weighted by Gasteiger charge is -2.06. The largest absolute Gasteiger partial charge is 0.469 e. The zero-order chi connectivity index (χ0) is 18.8. The smallest absolute Gasteiger partial charge is 0.223 e. The van der Waals surface area contributed by atoms with Crippen molar-refractivity contribution in [2.75, 3.05) is 5.84 Å². The van der Waals surface area contributed by atoms with E-state index in [0.717, 1.165) is 17.3 Å². The topological polar surface area (TPSA) is 105 Å². The van der Waals surface area contributed by atoms with Crippen LogP contribution >= 0.6 is 11.8 Å². The number of hydrogen-bond acceptors (Lipinski definition) is 8. The minimum absolute atomic E-state index is 0.313. The summed E-state index contributed by atoms with van der Waals surface area (Å²) in [5.41, 5.74) is 0.756. The van der Waals surface area contributed by atoms with E-state index in [2.05, 4.69) is 20.2 Å². The number of ether oxygens (including phenoxy) is 1. The van der Waals surface area contributed by atoms with Gasteiger partial charge < -0.3 is 15.0 Å². The highest BCUT2D eigenvalue weighted by molar-refractivity contribution is 7.99. The maximum absolute atomic E-state index is 13.0. The highest BCUT2D eigenvalue weighted by Gasteiger charge is 2.17. The van der Waals surface area contributed by atoms with Crippen molar-refractivity contribution in [3.05, 3.63) is 60.4 Å². The zero-order valence-corrected chi connectivity index (χ0v) is 14.9. The Morgan fingerprint density at radius 2 is 1.96 bits per heavy atom. The summed E-state index contributed by atoms with van der Waals surface area (Å²) in [6, 6.07) is 9.01. The number of halogens is 1. The molecule has 4 aromatic rings. The maximum Gasteiger partial charge on any atom is 0.223 e. The second-order valence-electron chi connectivity index (χ2n) is 5.40. The normalized spacial score (nSPS) is 10.9. The molecule has 0 spiro atoms. The van der Waals surface area contributed by atoms with Crippen LogP contribution in [0, 0.1) is 12.7 Å². The molecule has 0 atom stereocenters. The highest BCUT2D eigenvalue weighted by Crippen LogP contribution is 2.29. The number of nitrogens with two attached hydrogens (primary N) is 1. The van der Waals surface area contributed by atoms with Crippen molar-refractivity contribution >= 4 is 11.8 Å². The number of aromatic nitrogens is 5. The van der Waals surface area contributed by atoms with Crippen LogP contribution in [0.25, 0.3) is 11.4 Å². The van der Waals surface area contributed by atoms with Gasteiger partial charge in [0.1, 0.15) is 17.3 Å². The Morgan fingerprint density at radius 3 is 2.70 bits per heavy atom. The van der Waals surface area contributed by atoms with Gasteiger partial charge >= 0.3 is 0 Å². The second kappa shape index (κ2) is 7.08. The molecular formula is C17H13FN6O2S. The van der Waals surface area contributed by atoms with E-state index in [1.807, 2.05) is 6.92 Å². The van der Waals surface area contributed by atoms with E-state index in [0.29, 0.717) is 33.5 Å². The monoisotopic (exact) mass is 384 g/mol. The minimum atomic E-state index is -0.341. The molecule has 0 amide bonds. The summed E-state index contributed by atoms with van der Waals surface area (Å²) in [6.45, 7) is 1.82. The average Bonchev–Trinajstić information content (AvgIpc) is 3.23. The Labute approximate surface area is 157 Å². The summed E-state index contributed by atoms with van der Waals surface area (Å²) in [5.74, 6) is 7.70. The second-order valence-corrected chi connectivity index (χ2v) is 6.34. The molecule has 0 fully saturated rings. The van der Waals surface area contributed by atoms with Gasteiger partial charge in [-0.05, 0) is 49.0 Å². The Balaban J connectivity index is 1.54. The highest BCUT2D eigenvalue weighted by atomic mass is 32.2. The van der Waals surface area contributed by atoms with Crippen LogP contribution in [0.5, 0.6) is 11.6 Å². The number of nitrogen functional groups attached to an aromatic ring is 1. The van der Waals surface area contributed by atoms with Crippen molar-refractivity contribution in [1.82, 2.24) is 24.8 Å². The standard InChI is InChI=1S/C17H13FN6O2S/c1-10-13(7-9-25-10)15-22-23-17(24(15)19)27-16-20-8-6-14(21-16)26-12-4-2-11(18)3-5-12/h2-9H,19H2,1H3. The van der Waals surface area contributed by atoms with Gasteiger partial charge in [-0.15, -0.1) is 10.2 Å². The van der Waals surface area contributed by atoms with Gasteiger partial charge in [-0.3, -0.25) is 0 Å².